The Bertz CT molecular complexity index is 548. The van der Waals surface area contributed by atoms with Gasteiger partial charge >= 0.3 is 0 Å². The summed E-state index contributed by atoms with van der Waals surface area (Å²) in [5, 5.41) is 4.59. The van der Waals surface area contributed by atoms with Crippen LogP contribution in [0, 0.1) is 0 Å². The minimum Gasteiger partial charge on any atom is -0.307 e. The lowest BCUT2D eigenvalue weighted by Crippen LogP contribution is -2.40. The van der Waals surface area contributed by atoms with Gasteiger partial charge in [0.05, 0.1) is 18.3 Å². The SMILES string of the molecule is CN1CCC(NCc2ncc3ccncc3n2)CC1. The minimum atomic E-state index is 0.587. The molecule has 0 atom stereocenters. The molecular formula is C14H19N5. The molecule has 3 heterocycles. The summed E-state index contributed by atoms with van der Waals surface area (Å²) in [5.41, 5.74) is 0.915. The van der Waals surface area contributed by atoms with E-state index in [1.54, 1.807) is 12.4 Å². The number of fused-ring (bicyclic) bond motifs is 1. The van der Waals surface area contributed by atoms with Gasteiger partial charge in [-0.2, -0.15) is 0 Å². The number of rotatable bonds is 3. The quantitative estimate of drug-likeness (QED) is 0.895. The van der Waals surface area contributed by atoms with Crippen LogP contribution in [0.1, 0.15) is 18.7 Å². The molecule has 0 radical (unpaired) electrons. The Labute approximate surface area is 113 Å². The van der Waals surface area contributed by atoms with Crippen molar-refractivity contribution in [3.05, 3.63) is 30.5 Å². The van der Waals surface area contributed by atoms with Crippen molar-refractivity contribution in [1.29, 1.82) is 0 Å². The Kier molecular flexibility index (Phi) is 3.66. The molecule has 1 aliphatic rings. The standard InChI is InChI=1S/C14H19N5/c1-19-6-3-12(4-7-19)16-10-14-17-8-11-2-5-15-9-13(11)18-14/h2,5,8-9,12,16H,3-4,6-7,10H2,1H3. The first-order chi connectivity index (χ1) is 9.31. The van der Waals surface area contributed by atoms with Crippen LogP contribution in [0.5, 0.6) is 0 Å². The average Bonchev–Trinajstić information content (AvgIpc) is 2.46. The van der Waals surface area contributed by atoms with E-state index in [0.717, 1.165) is 23.3 Å². The molecule has 1 fully saturated rings. The van der Waals surface area contributed by atoms with Crippen molar-refractivity contribution in [2.24, 2.45) is 0 Å². The highest BCUT2D eigenvalue weighted by Crippen LogP contribution is 2.10. The predicted molar refractivity (Wildman–Crippen MR) is 74.7 cm³/mol. The molecule has 1 aliphatic heterocycles. The molecule has 0 spiro atoms. The molecule has 5 nitrogen and oxygen atoms in total. The molecule has 0 bridgehead atoms. The molecule has 19 heavy (non-hydrogen) atoms. The number of hydrogen-bond acceptors (Lipinski definition) is 5. The van der Waals surface area contributed by atoms with Gasteiger partial charge in [0.2, 0.25) is 0 Å². The van der Waals surface area contributed by atoms with Gasteiger partial charge in [-0.3, -0.25) is 4.98 Å². The average molecular weight is 257 g/mol. The third-order valence-electron chi connectivity index (χ3n) is 3.70. The highest BCUT2D eigenvalue weighted by atomic mass is 15.1. The highest BCUT2D eigenvalue weighted by molar-refractivity contribution is 5.75. The van der Waals surface area contributed by atoms with E-state index in [2.05, 4.69) is 32.2 Å². The molecule has 0 unspecified atom stereocenters. The van der Waals surface area contributed by atoms with Gasteiger partial charge in [0.15, 0.2) is 0 Å². The zero-order valence-corrected chi connectivity index (χ0v) is 11.2. The maximum atomic E-state index is 4.53. The van der Waals surface area contributed by atoms with Crippen molar-refractivity contribution in [2.75, 3.05) is 20.1 Å². The van der Waals surface area contributed by atoms with E-state index in [4.69, 9.17) is 0 Å². The van der Waals surface area contributed by atoms with Gasteiger partial charge in [0, 0.05) is 23.8 Å². The zero-order chi connectivity index (χ0) is 13.1. The lowest BCUT2D eigenvalue weighted by atomic mass is 10.1. The smallest absolute Gasteiger partial charge is 0.142 e. The highest BCUT2D eigenvalue weighted by Gasteiger charge is 2.16. The lowest BCUT2D eigenvalue weighted by Gasteiger charge is -2.29. The summed E-state index contributed by atoms with van der Waals surface area (Å²) >= 11 is 0. The van der Waals surface area contributed by atoms with Crippen LogP contribution in [0.4, 0.5) is 0 Å². The van der Waals surface area contributed by atoms with Crippen LogP contribution in [0.2, 0.25) is 0 Å². The van der Waals surface area contributed by atoms with Gasteiger partial charge in [-0.05, 0) is 39.0 Å². The van der Waals surface area contributed by atoms with Crippen molar-refractivity contribution in [1.82, 2.24) is 25.2 Å². The Morgan fingerprint density at radius 2 is 2.16 bits per heavy atom. The Morgan fingerprint density at radius 3 is 3.00 bits per heavy atom. The summed E-state index contributed by atoms with van der Waals surface area (Å²) in [5.74, 6) is 0.847. The second-order valence-corrected chi connectivity index (χ2v) is 5.18. The van der Waals surface area contributed by atoms with Gasteiger partial charge < -0.3 is 10.2 Å². The molecule has 0 amide bonds. The van der Waals surface area contributed by atoms with E-state index in [1.807, 2.05) is 12.3 Å². The van der Waals surface area contributed by atoms with Gasteiger partial charge in [-0.1, -0.05) is 0 Å². The molecule has 3 rings (SSSR count). The summed E-state index contributed by atoms with van der Waals surface area (Å²) < 4.78 is 0. The predicted octanol–water partition coefficient (Wildman–Crippen LogP) is 1.21. The maximum absolute atomic E-state index is 4.53. The van der Waals surface area contributed by atoms with Crippen LogP contribution in [0.15, 0.2) is 24.7 Å². The van der Waals surface area contributed by atoms with E-state index in [0.29, 0.717) is 6.04 Å². The Balaban J connectivity index is 1.62. The summed E-state index contributed by atoms with van der Waals surface area (Å²) in [6.45, 7) is 3.07. The fourth-order valence-electron chi connectivity index (χ4n) is 2.44. The van der Waals surface area contributed by atoms with Crippen molar-refractivity contribution in [2.45, 2.75) is 25.4 Å². The van der Waals surface area contributed by atoms with Crippen molar-refractivity contribution in [3.8, 4) is 0 Å². The fourth-order valence-corrected chi connectivity index (χ4v) is 2.44. The molecule has 100 valence electrons. The molecule has 1 saturated heterocycles. The summed E-state index contributed by atoms with van der Waals surface area (Å²) in [6, 6.07) is 2.52. The van der Waals surface area contributed by atoms with Crippen LogP contribution < -0.4 is 5.32 Å². The van der Waals surface area contributed by atoms with Crippen molar-refractivity contribution in [3.63, 3.8) is 0 Å². The van der Waals surface area contributed by atoms with Crippen LogP contribution in [-0.4, -0.2) is 46.0 Å². The van der Waals surface area contributed by atoms with E-state index in [1.165, 1.54) is 25.9 Å². The Hall–Kier alpha value is -1.59. The fraction of sp³-hybridized carbons (Fsp3) is 0.500. The van der Waals surface area contributed by atoms with E-state index < -0.39 is 0 Å². The third-order valence-corrected chi connectivity index (χ3v) is 3.70. The number of piperidine rings is 1. The first-order valence-electron chi connectivity index (χ1n) is 6.79. The first-order valence-corrected chi connectivity index (χ1v) is 6.79. The molecule has 2 aromatic rings. The van der Waals surface area contributed by atoms with Crippen LogP contribution in [0.3, 0.4) is 0 Å². The van der Waals surface area contributed by atoms with E-state index in [9.17, 15) is 0 Å². The van der Waals surface area contributed by atoms with E-state index in [-0.39, 0.29) is 0 Å². The largest absolute Gasteiger partial charge is 0.307 e. The van der Waals surface area contributed by atoms with Gasteiger partial charge in [0.25, 0.3) is 0 Å². The topological polar surface area (TPSA) is 53.9 Å². The number of nitrogens with zero attached hydrogens (tertiary/aromatic N) is 4. The molecule has 0 saturated carbocycles. The maximum Gasteiger partial charge on any atom is 0.142 e. The second kappa shape index (κ2) is 5.59. The molecular weight excluding hydrogens is 238 g/mol. The number of likely N-dealkylation sites (tertiary alicyclic amines) is 1. The van der Waals surface area contributed by atoms with Crippen LogP contribution in [0.25, 0.3) is 10.9 Å². The monoisotopic (exact) mass is 257 g/mol. The normalized spacial score (nSPS) is 17.9. The number of pyridine rings is 1. The number of hydrogen-bond donors (Lipinski definition) is 1. The molecule has 2 aromatic heterocycles. The number of aromatic nitrogens is 3. The summed E-state index contributed by atoms with van der Waals surface area (Å²) in [4.78, 5) is 15.4. The second-order valence-electron chi connectivity index (χ2n) is 5.18. The summed E-state index contributed by atoms with van der Waals surface area (Å²) in [6.07, 6.45) is 7.82. The lowest BCUT2D eigenvalue weighted by molar-refractivity contribution is 0.233. The molecule has 1 N–H and O–H groups in total. The van der Waals surface area contributed by atoms with Crippen LogP contribution in [-0.2, 0) is 6.54 Å². The van der Waals surface area contributed by atoms with Crippen molar-refractivity contribution >= 4 is 10.9 Å². The molecule has 0 aliphatic carbocycles. The van der Waals surface area contributed by atoms with Gasteiger partial charge in [-0.25, -0.2) is 9.97 Å². The molecule has 0 aromatic carbocycles. The molecule has 5 heteroatoms. The Morgan fingerprint density at radius 1 is 1.32 bits per heavy atom. The van der Waals surface area contributed by atoms with Crippen LogP contribution >= 0.6 is 0 Å². The number of nitrogens with one attached hydrogen (secondary N) is 1. The zero-order valence-electron chi connectivity index (χ0n) is 11.2. The summed E-state index contributed by atoms with van der Waals surface area (Å²) in [7, 11) is 2.18. The van der Waals surface area contributed by atoms with Gasteiger partial charge in [-0.15, -0.1) is 0 Å². The van der Waals surface area contributed by atoms with Crippen molar-refractivity contribution < 1.29 is 0 Å². The minimum absolute atomic E-state index is 0.587. The first kappa shape index (κ1) is 12.4. The van der Waals surface area contributed by atoms with Gasteiger partial charge in [0.1, 0.15) is 5.82 Å². The third kappa shape index (κ3) is 3.05. The van der Waals surface area contributed by atoms with E-state index >= 15 is 0 Å².